The zero-order valence-corrected chi connectivity index (χ0v) is 12.5. The van der Waals surface area contributed by atoms with Crippen LogP contribution in [0.25, 0.3) is 0 Å². The zero-order valence-electron chi connectivity index (χ0n) is 12.5. The lowest BCUT2D eigenvalue weighted by Crippen LogP contribution is -2.47. The molecule has 0 radical (unpaired) electrons. The molecular formula is C16H25N3O2. The molecule has 0 spiro atoms. The number of hydrogen-bond donors (Lipinski definition) is 2. The Morgan fingerprint density at radius 1 is 1.29 bits per heavy atom. The van der Waals surface area contributed by atoms with Crippen molar-refractivity contribution in [2.45, 2.75) is 25.3 Å². The molecule has 1 fully saturated rings. The van der Waals surface area contributed by atoms with Crippen molar-refractivity contribution in [3.05, 3.63) is 30.3 Å². The lowest BCUT2D eigenvalue weighted by molar-refractivity contribution is -0.119. The van der Waals surface area contributed by atoms with Gasteiger partial charge in [-0.05, 0) is 44.5 Å². The zero-order chi connectivity index (χ0) is 14.9. The van der Waals surface area contributed by atoms with E-state index < -0.39 is 0 Å². The highest BCUT2D eigenvalue weighted by Crippen LogP contribution is 2.13. The molecule has 1 saturated heterocycles. The molecule has 1 aliphatic rings. The van der Waals surface area contributed by atoms with E-state index in [1.165, 1.54) is 0 Å². The lowest BCUT2D eigenvalue weighted by Gasteiger charge is -2.33. The Morgan fingerprint density at radius 2 is 2.00 bits per heavy atom. The largest absolute Gasteiger partial charge is 0.494 e. The number of nitrogens with zero attached hydrogens (tertiary/aromatic N) is 1. The maximum absolute atomic E-state index is 11.2. The molecule has 116 valence electrons. The van der Waals surface area contributed by atoms with Gasteiger partial charge in [0.15, 0.2) is 0 Å². The standard InChI is InChI=1S/C16H25N3O2/c17-16(20)13-19(14-7-9-18-10-8-14)11-4-12-21-15-5-2-1-3-6-15/h1-3,5-6,14,18H,4,7-13H2,(H2,17,20). The first-order chi connectivity index (χ1) is 10.3. The fraction of sp³-hybridized carbons (Fsp3) is 0.562. The van der Waals surface area contributed by atoms with E-state index in [1.807, 2.05) is 30.3 Å². The number of ether oxygens (including phenoxy) is 1. The second-order valence-electron chi connectivity index (χ2n) is 5.43. The molecule has 2 rings (SSSR count). The molecule has 1 amide bonds. The van der Waals surface area contributed by atoms with Gasteiger partial charge in [-0.3, -0.25) is 9.69 Å². The third kappa shape index (κ3) is 5.73. The van der Waals surface area contributed by atoms with Crippen molar-refractivity contribution in [2.24, 2.45) is 5.73 Å². The monoisotopic (exact) mass is 291 g/mol. The summed E-state index contributed by atoms with van der Waals surface area (Å²) in [5, 5.41) is 3.34. The van der Waals surface area contributed by atoms with Crippen LogP contribution in [-0.2, 0) is 4.79 Å². The van der Waals surface area contributed by atoms with Gasteiger partial charge in [0, 0.05) is 12.6 Å². The second kappa shape index (κ2) is 8.64. The van der Waals surface area contributed by atoms with Crippen LogP contribution in [0.1, 0.15) is 19.3 Å². The van der Waals surface area contributed by atoms with Crippen molar-refractivity contribution < 1.29 is 9.53 Å². The van der Waals surface area contributed by atoms with Gasteiger partial charge in [-0.1, -0.05) is 18.2 Å². The Kier molecular flexibility index (Phi) is 6.50. The van der Waals surface area contributed by atoms with Crippen LogP contribution in [-0.4, -0.2) is 49.6 Å². The summed E-state index contributed by atoms with van der Waals surface area (Å²) in [6.45, 7) is 3.88. The van der Waals surface area contributed by atoms with Crippen molar-refractivity contribution >= 4 is 5.91 Å². The van der Waals surface area contributed by atoms with E-state index in [9.17, 15) is 4.79 Å². The van der Waals surface area contributed by atoms with Gasteiger partial charge < -0.3 is 15.8 Å². The Bertz CT molecular complexity index is 419. The fourth-order valence-electron chi connectivity index (χ4n) is 2.74. The van der Waals surface area contributed by atoms with Crippen LogP contribution in [0, 0.1) is 0 Å². The summed E-state index contributed by atoms with van der Waals surface area (Å²) >= 11 is 0. The van der Waals surface area contributed by atoms with Crippen LogP contribution in [0.4, 0.5) is 0 Å². The van der Waals surface area contributed by atoms with Gasteiger partial charge in [0.1, 0.15) is 5.75 Å². The van der Waals surface area contributed by atoms with Crippen LogP contribution in [0.5, 0.6) is 5.75 Å². The van der Waals surface area contributed by atoms with Crippen molar-refractivity contribution in [3.8, 4) is 5.75 Å². The third-order valence-corrected chi connectivity index (χ3v) is 3.79. The van der Waals surface area contributed by atoms with Crippen molar-refractivity contribution in [3.63, 3.8) is 0 Å². The minimum atomic E-state index is -0.252. The number of rotatable bonds is 8. The van der Waals surface area contributed by atoms with Gasteiger partial charge in [0.05, 0.1) is 13.2 Å². The highest BCUT2D eigenvalue weighted by Gasteiger charge is 2.21. The van der Waals surface area contributed by atoms with E-state index in [0.717, 1.165) is 44.6 Å². The number of benzene rings is 1. The molecule has 5 heteroatoms. The van der Waals surface area contributed by atoms with E-state index in [-0.39, 0.29) is 5.91 Å². The summed E-state index contributed by atoms with van der Waals surface area (Å²) < 4.78 is 5.69. The normalized spacial score (nSPS) is 16.0. The molecule has 1 aromatic carbocycles. The topological polar surface area (TPSA) is 67.6 Å². The first kappa shape index (κ1) is 15.8. The molecule has 3 N–H and O–H groups in total. The Balaban J connectivity index is 1.74. The number of carbonyl (C=O) groups excluding carboxylic acids is 1. The Labute approximate surface area is 126 Å². The summed E-state index contributed by atoms with van der Waals surface area (Å²) in [6, 6.07) is 10.3. The van der Waals surface area contributed by atoms with Crippen molar-refractivity contribution in [1.29, 1.82) is 0 Å². The van der Waals surface area contributed by atoms with Crippen LogP contribution < -0.4 is 15.8 Å². The average molecular weight is 291 g/mol. The van der Waals surface area contributed by atoms with Crippen molar-refractivity contribution in [1.82, 2.24) is 10.2 Å². The fourth-order valence-corrected chi connectivity index (χ4v) is 2.74. The van der Waals surface area contributed by atoms with Crippen molar-refractivity contribution in [2.75, 3.05) is 32.8 Å². The van der Waals surface area contributed by atoms with E-state index in [1.54, 1.807) is 0 Å². The molecular weight excluding hydrogens is 266 g/mol. The van der Waals surface area contributed by atoms with Crippen LogP contribution in [0.2, 0.25) is 0 Å². The molecule has 21 heavy (non-hydrogen) atoms. The van der Waals surface area contributed by atoms with Crippen LogP contribution >= 0.6 is 0 Å². The molecule has 0 aromatic heterocycles. The maximum Gasteiger partial charge on any atom is 0.231 e. The molecule has 1 heterocycles. The smallest absolute Gasteiger partial charge is 0.231 e. The number of piperidine rings is 1. The Hall–Kier alpha value is -1.59. The molecule has 1 aliphatic heterocycles. The third-order valence-electron chi connectivity index (χ3n) is 3.79. The minimum absolute atomic E-state index is 0.252. The van der Waals surface area contributed by atoms with E-state index >= 15 is 0 Å². The number of primary amides is 1. The van der Waals surface area contributed by atoms with Crippen LogP contribution in [0.3, 0.4) is 0 Å². The number of nitrogens with one attached hydrogen (secondary N) is 1. The summed E-state index contributed by atoms with van der Waals surface area (Å²) in [7, 11) is 0. The number of hydrogen-bond acceptors (Lipinski definition) is 4. The van der Waals surface area contributed by atoms with Gasteiger partial charge >= 0.3 is 0 Å². The van der Waals surface area contributed by atoms with Gasteiger partial charge in [0.25, 0.3) is 0 Å². The molecule has 0 saturated carbocycles. The summed E-state index contributed by atoms with van der Waals surface area (Å²) in [4.78, 5) is 13.4. The first-order valence-corrected chi connectivity index (χ1v) is 7.66. The van der Waals surface area contributed by atoms with E-state index in [0.29, 0.717) is 19.2 Å². The number of carbonyl (C=O) groups is 1. The highest BCUT2D eigenvalue weighted by molar-refractivity contribution is 5.75. The van der Waals surface area contributed by atoms with Gasteiger partial charge in [-0.2, -0.15) is 0 Å². The minimum Gasteiger partial charge on any atom is -0.494 e. The average Bonchev–Trinajstić information content (AvgIpc) is 2.52. The maximum atomic E-state index is 11.2. The Morgan fingerprint density at radius 3 is 2.67 bits per heavy atom. The summed E-state index contributed by atoms with van der Waals surface area (Å²) in [5.41, 5.74) is 5.37. The molecule has 0 bridgehead atoms. The summed E-state index contributed by atoms with van der Waals surface area (Å²) in [6.07, 6.45) is 3.05. The van der Waals surface area contributed by atoms with Gasteiger partial charge in [-0.15, -0.1) is 0 Å². The number of para-hydroxylation sites is 1. The second-order valence-corrected chi connectivity index (χ2v) is 5.43. The molecule has 1 aromatic rings. The lowest BCUT2D eigenvalue weighted by atomic mass is 10.0. The van der Waals surface area contributed by atoms with E-state index in [4.69, 9.17) is 10.5 Å². The summed E-state index contributed by atoms with van der Waals surface area (Å²) in [5.74, 6) is 0.637. The number of nitrogens with two attached hydrogens (primary N) is 1. The van der Waals surface area contributed by atoms with Gasteiger partial charge in [-0.25, -0.2) is 0 Å². The predicted molar refractivity (Wildman–Crippen MR) is 83.2 cm³/mol. The molecule has 0 unspecified atom stereocenters. The predicted octanol–water partition coefficient (Wildman–Crippen LogP) is 0.995. The van der Waals surface area contributed by atoms with E-state index in [2.05, 4.69) is 10.2 Å². The molecule has 0 aliphatic carbocycles. The first-order valence-electron chi connectivity index (χ1n) is 7.66. The molecule has 0 atom stereocenters. The SMILES string of the molecule is NC(=O)CN(CCCOc1ccccc1)C1CCNCC1. The number of amides is 1. The molecule has 5 nitrogen and oxygen atoms in total. The highest BCUT2D eigenvalue weighted by atomic mass is 16.5. The van der Waals surface area contributed by atoms with Gasteiger partial charge in [0.2, 0.25) is 5.91 Å². The quantitative estimate of drug-likeness (QED) is 0.701. The van der Waals surface area contributed by atoms with Crippen LogP contribution in [0.15, 0.2) is 30.3 Å².